The molecule has 5 nitrogen and oxygen atoms in total. The number of thioether (sulfide) groups is 1. The smallest absolute Gasteiger partial charge is 0.326 e. The van der Waals surface area contributed by atoms with Gasteiger partial charge in [-0.1, -0.05) is 15.9 Å². The zero-order valence-corrected chi connectivity index (χ0v) is 14.5. The number of aromatic nitrogens is 1. The van der Waals surface area contributed by atoms with Gasteiger partial charge in [0, 0.05) is 21.6 Å². The van der Waals surface area contributed by atoms with Crippen LogP contribution in [-0.4, -0.2) is 39.6 Å². The third-order valence-corrected chi connectivity index (χ3v) is 4.43. The Kier molecular flexibility index (Phi) is 5.90. The number of rotatable bonds is 7. The lowest BCUT2D eigenvalue weighted by molar-refractivity contribution is -0.141. The molecule has 0 saturated heterocycles. The van der Waals surface area contributed by atoms with E-state index in [4.69, 9.17) is 5.11 Å². The zero-order chi connectivity index (χ0) is 16.1. The van der Waals surface area contributed by atoms with Crippen molar-refractivity contribution in [1.82, 2.24) is 9.88 Å². The summed E-state index contributed by atoms with van der Waals surface area (Å²) in [7, 11) is 0. The Hall–Kier alpha value is -1.47. The molecule has 0 fully saturated rings. The molecular weight excluding hydrogens is 368 g/mol. The lowest BCUT2D eigenvalue weighted by Crippen LogP contribution is -2.42. The van der Waals surface area contributed by atoms with Crippen LogP contribution in [0.25, 0.3) is 10.9 Å². The van der Waals surface area contributed by atoms with E-state index in [-0.39, 0.29) is 12.5 Å². The topological polar surface area (TPSA) is 71.3 Å². The molecule has 0 spiro atoms. The molecule has 2 aromatic rings. The van der Waals surface area contributed by atoms with Gasteiger partial charge in [0.2, 0.25) is 5.91 Å². The third-order valence-electron chi connectivity index (χ3n) is 3.29. The Labute approximate surface area is 141 Å². The van der Waals surface area contributed by atoms with Crippen molar-refractivity contribution in [3.05, 3.63) is 34.9 Å². The molecule has 0 unspecified atom stereocenters. The van der Waals surface area contributed by atoms with E-state index < -0.39 is 12.0 Å². The highest BCUT2D eigenvalue weighted by Gasteiger charge is 2.19. The molecule has 118 valence electrons. The average Bonchev–Trinajstić information content (AvgIpc) is 2.85. The minimum absolute atomic E-state index is 0.105. The summed E-state index contributed by atoms with van der Waals surface area (Å²) in [5.74, 6) is -0.602. The molecule has 0 saturated carbocycles. The molecule has 0 aliphatic heterocycles. The lowest BCUT2D eigenvalue weighted by atomic mass is 10.2. The lowest BCUT2D eigenvalue weighted by Gasteiger charge is -2.14. The summed E-state index contributed by atoms with van der Waals surface area (Å²) < 4.78 is 2.79. The minimum atomic E-state index is -0.997. The Morgan fingerprint density at radius 1 is 1.41 bits per heavy atom. The van der Waals surface area contributed by atoms with Gasteiger partial charge in [0.25, 0.3) is 0 Å². The maximum Gasteiger partial charge on any atom is 0.326 e. The highest BCUT2D eigenvalue weighted by atomic mass is 79.9. The van der Waals surface area contributed by atoms with Crippen molar-refractivity contribution in [3.63, 3.8) is 0 Å². The Morgan fingerprint density at radius 3 is 2.86 bits per heavy atom. The van der Waals surface area contributed by atoms with Crippen molar-refractivity contribution in [3.8, 4) is 0 Å². The highest BCUT2D eigenvalue weighted by Crippen LogP contribution is 2.20. The second-order valence-electron chi connectivity index (χ2n) is 4.89. The van der Waals surface area contributed by atoms with Gasteiger partial charge in [-0.25, -0.2) is 4.79 Å². The van der Waals surface area contributed by atoms with Gasteiger partial charge in [0.1, 0.15) is 12.6 Å². The van der Waals surface area contributed by atoms with Gasteiger partial charge < -0.3 is 15.0 Å². The zero-order valence-electron chi connectivity index (χ0n) is 12.1. The van der Waals surface area contributed by atoms with Crippen molar-refractivity contribution in [2.75, 3.05) is 12.0 Å². The molecule has 22 heavy (non-hydrogen) atoms. The van der Waals surface area contributed by atoms with Gasteiger partial charge in [0.15, 0.2) is 0 Å². The predicted molar refractivity (Wildman–Crippen MR) is 92.2 cm³/mol. The van der Waals surface area contributed by atoms with Crippen LogP contribution < -0.4 is 5.32 Å². The number of nitrogens with zero attached hydrogens (tertiary/aromatic N) is 1. The number of carbonyl (C=O) groups is 2. The molecule has 2 N–H and O–H groups in total. The van der Waals surface area contributed by atoms with Crippen molar-refractivity contribution in [2.24, 2.45) is 0 Å². The van der Waals surface area contributed by atoms with E-state index in [9.17, 15) is 9.59 Å². The first-order valence-corrected chi connectivity index (χ1v) is 8.95. The van der Waals surface area contributed by atoms with Crippen LogP contribution in [0.4, 0.5) is 0 Å². The molecular formula is C15H17BrN2O3S. The quantitative estimate of drug-likeness (QED) is 0.769. The van der Waals surface area contributed by atoms with Crippen LogP contribution in [0.15, 0.2) is 34.9 Å². The number of aliphatic carboxylic acids is 1. The number of amides is 1. The summed E-state index contributed by atoms with van der Waals surface area (Å²) in [4.78, 5) is 23.2. The molecule has 0 radical (unpaired) electrons. The number of fused-ring (bicyclic) bond motifs is 1. The van der Waals surface area contributed by atoms with Crippen LogP contribution in [0, 0.1) is 0 Å². The summed E-state index contributed by atoms with van der Waals surface area (Å²) in [5, 5.41) is 12.8. The summed E-state index contributed by atoms with van der Waals surface area (Å²) in [6, 6.07) is 6.90. The largest absolute Gasteiger partial charge is 0.480 e. The fourth-order valence-corrected chi connectivity index (χ4v) is 3.05. The maximum atomic E-state index is 12.1. The van der Waals surface area contributed by atoms with Gasteiger partial charge in [0.05, 0.1) is 0 Å². The van der Waals surface area contributed by atoms with Crippen LogP contribution in [0.2, 0.25) is 0 Å². The van der Waals surface area contributed by atoms with Gasteiger partial charge in [-0.3, -0.25) is 4.79 Å². The Morgan fingerprint density at radius 2 is 2.18 bits per heavy atom. The number of hydrogen-bond donors (Lipinski definition) is 2. The van der Waals surface area contributed by atoms with Crippen LogP contribution in [0.3, 0.4) is 0 Å². The normalized spacial score (nSPS) is 12.3. The molecule has 1 heterocycles. The van der Waals surface area contributed by atoms with E-state index >= 15 is 0 Å². The van der Waals surface area contributed by atoms with E-state index in [1.165, 1.54) is 0 Å². The highest BCUT2D eigenvalue weighted by molar-refractivity contribution is 9.10. The number of hydrogen-bond acceptors (Lipinski definition) is 3. The number of carbonyl (C=O) groups excluding carboxylic acids is 1. The summed E-state index contributed by atoms with van der Waals surface area (Å²) >= 11 is 4.97. The number of carboxylic acid groups (broad SMARTS) is 1. The third kappa shape index (κ3) is 4.27. The van der Waals surface area contributed by atoms with Crippen molar-refractivity contribution < 1.29 is 14.7 Å². The summed E-state index contributed by atoms with van der Waals surface area (Å²) in [5.41, 5.74) is 0.939. The monoisotopic (exact) mass is 384 g/mol. The molecule has 2 rings (SSSR count). The Balaban J connectivity index is 2.05. The molecule has 1 atom stereocenters. The van der Waals surface area contributed by atoms with E-state index in [2.05, 4.69) is 21.2 Å². The average molecular weight is 385 g/mol. The maximum absolute atomic E-state index is 12.1. The van der Waals surface area contributed by atoms with Crippen molar-refractivity contribution in [2.45, 2.75) is 19.0 Å². The second kappa shape index (κ2) is 7.69. The van der Waals surface area contributed by atoms with Crippen molar-refractivity contribution in [1.29, 1.82) is 0 Å². The van der Waals surface area contributed by atoms with Gasteiger partial charge in [-0.2, -0.15) is 11.8 Å². The van der Waals surface area contributed by atoms with E-state index in [1.54, 1.807) is 11.8 Å². The number of nitrogens with one attached hydrogen (secondary N) is 1. The van der Waals surface area contributed by atoms with Crippen LogP contribution in [0.1, 0.15) is 6.42 Å². The molecule has 1 amide bonds. The van der Waals surface area contributed by atoms with Crippen LogP contribution >= 0.6 is 27.7 Å². The number of benzene rings is 1. The molecule has 0 aliphatic carbocycles. The van der Waals surface area contributed by atoms with Crippen molar-refractivity contribution >= 4 is 50.5 Å². The fraction of sp³-hybridized carbons (Fsp3) is 0.333. The first kappa shape index (κ1) is 16.9. The standard InChI is InChI=1S/C15H17BrN2O3S/c1-22-7-5-12(15(20)21)17-14(19)9-18-6-4-10-8-11(16)2-3-13(10)18/h2-4,6,8,12H,5,7,9H2,1H3,(H,17,19)(H,20,21)/t12-/m0/s1. The molecule has 1 aromatic carbocycles. The van der Waals surface area contributed by atoms with E-state index in [0.717, 1.165) is 15.4 Å². The fourth-order valence-electron chi connectivity index (χ4n) is 2.20. The SMILES string of the molecule is CSCC[C@H](NC(=O)Cn1ccc2cc(Br)ccc21)C(=O)O. The minimum Gasteiger partial charge on any atom is -0.480 e. The Bertz CT molecular complexity index is 686. The second-order valence-corrected chi connectivity index (χ2v) is 6.79. The first-order valence-electron chi connectivity index (χ1n) is 6.76. The van der Waals surface area contributed by atoms with Gasteiger partial charge in [-0.05, 0) is 42.7 Å². The molecule has 7 heteroatoms. The number of halogens is 1. The summed E-state index contributed by atoms with van der Waals surface area (Å²) in [6.45, 7) is 0.105. The number of carboxylic acids is 1. The van der Waals surface area contributed by atoms with E-state index in [0.29, 0.717) is 12.2 Å². The molecule has 1 aromatic heterocycles. The molecule has 0 aliphatic rings. The van der Waals surface area contributed by atoms with E-state index in [1.807, 2.05) is 41.3 Å². The van der Waals surface area contributed by atoms with Gasteiger partial charge in [-0.15, -0.1) is 0 Å². The first-order chi connectivity index (χ1) is 10.5. The molecule has 0 bridgehead atoms. The van der Waals surface area contributed by atoms with Gasteiger partial charge >= 0.3 is 5.97 Å². The van der Waals surface area contributed by atoms with Crippen LogP contribution in [-0.2, 0) is 16.1 Å². The summed E-state index contributed by atoms with van der Waals surface area (Å²) in [6.07, 6.45) is 4.15. The predicted octanol–water partition coefficient (Wildman–Crippen LogP) is 2.73. The van der Waals surface area contributed by atoms with Crippen LogP contribution in [0.5, 0.6) is 0 Å².